The van der Waals surface area contributed by atoms with E-state index in [0.717, 1.165) is 55.3 Å². The van der Waals surface area contributed by atoms with Crippen molar-refractivity contribution in [2.45, 2.75) is 50.7 Å². The van der Waals surface area contributed by atoms with Gasteiger partial charge in [0.05, 0.1) is 25.1 Å². The summed E-state index contributed by atoms with van der Waals surface area (Å²) in [4.78, 5) is 7.42. The lowest BCUT2D eigenvalue weighted by molar-refractivity contribution is -0.893. The Kier molecular flexibility index (Phi) is 7.95. The van der Waals surface area contributed by atoms with Gasteiger partial charge in [0.1, 0.15) is 22.9 Å². The topological polar surface area (TPSA) is 46.8 Å². The van der Waals surface area contributed by atoms with E-state index in [1.54, 1.807) is 11.3 Å². The molecule has 0 spiro atoms. The maximum absolute atomic E-state index is 12.0. The minimum absolute atomic E-state index is 0.234. The number of para-hydroxylation sites is 1. The average Bonchev–Trinajstić information content (AvgIpc) is 3.32. The van der Waals surface area contributed by atoms with Gasteiger partial charge < -0.3 is 14.7 Å². The summed E-state index contributed by atoms with van der Waals surface area (Å²) >= 11 is 1.68. The Balaban J connectivity index is 1.38. The first kappa shape index (κ1) is 23.0. The fourth-order valence-corrected chi connectivity index (χ4v) is 6.00. The van der Waals surface area contributed by atoms with E-state index in [0.29, 0.717) is 0 Å². The smallest absolute Gasteiger partial charge is 0.144 e. The molecule has 5 heteroatoms. The lowest BCUT2D eigenvalue weighted by Crippen LogP contribution is -3.07. The standard InChI is InChI=1S/C27H34N2O2S/c1-29(18-11-19-31-24-16-9-4-10-17-24)21-25-20-28-26(32-25)27(30,22-12-5-2-6-13-22)23-14-7-3-8-15-23/h2,4-6,9-10,12-13,16-17,20,23,30H,3,7-8,11,14-15,18-19,21H2,1H3/p+1. The number of thiazole rings is 1. The van der Waals surface area contributed by atoms with Crippen LogP contribution in [-0.4, -0.2) is 30.3 Å². The van der Waals surface area contributed by atoms with Gasteiger partial charge in [-0.05, 0) is 36.5 Å². The Morgan fingerprint density at radius 1 is 1.03 bits per heavy atom. The number of hydrogen-bond acceptors (Lipinski definition) is 4. The summed E-state index contributed by atoms with van der Waals surface area (Å²) in [5, 5.41) is 12.9. The van der Waals surface area contributed by atoms with Crippen LogP contribution in [0, 0.1) is 5.92 Å². The van der Waals surface area contributed by atoms with Crippen LogP contribution >= 0.6 is 11.3 Å². The van der Waals surface area contributed by atoms with Crippen molar-refractivity contribution < 1.29 is 14.7 Å². The van der Waals surface area contributed by atoms with E-state index in [1.807, 2.05) is 54.7 Å². The summed E-state index contributed by atoms with van der Waals surface area (Å²) in [6.07, 6.45) is 8.75. The van der Waals surface area contributed by atoms with Crippen molar-refractivity contribution in [1.29, 1.82) is 0 Å². The highest BCUT2D eigenvalue weighted by Gasteiger charge is 2.43. The van der Waals surface area contributed by atoms with E-state index in [1.165, 1.54) is 29.0 Å². The van der Waals surface area contributed by atoms with Gasteiger partial charge in [-0.25, -0.2) is 4.98 Å². The van der Waals surface area contributed by atoms with Gasteiger partial charge in [0.15, 0.2) is 0 Å². The lowest BCUT2D eigenvalue weighted by atomic mass is 9.73. The van der Waals surface area contributed by atoms with Crippen LogP contribution in [0.1, 0.15) is 54.0 Å². The second kappa shape index (κ2) is 11.1. The number of hydrogen-bond donors (Lipinski definition) is 2. The normalized spacial score (nSPS) is 17.6. The van der Waals surface area contributed by atoms with E-state index in [4.69, 9.17) is 9.72 Å². The van der Waals surface area contributed by atoms with Crippen LogP contribution in [-0.2, 0) is 12.1 Å². The first-order chi connectivity index (χ1) is 15.7. The van der Waals surface area contributed by atoms with Crippen LogP contribution in [0.25, 0.3) is 0 Å². The van der Waals surface area contributed by atoms with Crippen molar-refractivity contribution in [2.24, 2.45) is 5.92 Å². The fourth-order valence-electron chi connectivity index (χ4n) is 4.78. The molecule has 1 aliphatic rings. The molecule has 1 heterocycles. The van der Waals surface area contributed by atoms with Crippen LogP contribution in [0.4, 0.5) is 0 Å². The molecule has 2 aromatic carbocycles. The zero-order valence-corrected chi connectivity index (χ0v) is 19.8. The van der Waals surface area contributed by atoms with Gasteiger partial charge in [-0.15, -0.1) is 11.3 Å². The SMILES string of the molecule is C[NH+](CCCOc1ccccc1)Cc1cnc(C(O)(c2ccccc2)C2CCCCC2)s1. The molecule has 1 aromatic heterocycles. The van der Waals surface area contributed by atoms with E-state index in [2.05, 4.69) is 19.2 Å². The second-order valence-electron chi connectivity index (χ2n) is 9.00. The van der Waals surface area contributed by atoms with Crippen molar-refractivity contribution in [3.63, 3.8) is 0 Å². The summed E-state index contributed by atoms with van der Waals surface area (Å²) in [5.41, 5.74) is -0.00580. The highest BCUT2D eigenvalue weighted by Crippen LogP contribution is 2.45. The number of nitrogens with zero attached hydrogens (tertiary/aromatic N) is 1. The van der Waals surface area contributed by atoms with Crippen LogP contribution in [0.3, 0.4) is 0 Å². The Bertz CT molecular complexity index is 941. The Hall–Kier alpha value is -2.21. The quantitative estimate of drug-likeness (QED) is 0.448. The number of nitrogens with one attached hydrogen (secondary N) is 1. The average molecular weight is 452 g/mol. The molecule has 170 valence electrons. The van der Waals surface area contributed by atoms with E-state index < -0.39 is 5.60 Å². The molecule has 0 aliphatic heterocycles. The van der Waals surface area contributed by atoms with Crippen LogP contribution in [0.15, 0.2) is 66.9 Å². The van der Waals surface area contributed by atoms with Gasteiger partial charge in [-0.2, -0.15) is 0 Å². The molecule has 1 aliphatic carbocycles. The van der Waals surface area contributed by atoms with Gasteiger partial charge in [-0.1, -0.05) is 67.8 Å². The zero-order valence-electron chi connectivity index (χ0n) is 19.0. The zero-order chi connectivity index (χ0) is 22.2. The Morgan fingerprint density at radius 3 is 2.44 bits per heavy atom. The highest BCUT2D eigenvalue weighted by molar-refractivity contribution is 7.11. The van der Waals surface area contributed by atoms with E-state index in [-0.39, 0.29) is 5.92 Å². The maximum atomic E-state index is 12.0. The molecule has 1 fully saturated rings. The Morgan fingerprint density at radius 2 is 1.72 bits per heavy atom. The van der Waals surface area contributed by atoms with Gasteiger partial charge >= 0.3 is 0 Å². The number of aliphatic hydroxyl groups is 1. The van der Waals surface area contributed by atoms with Crippen LogP contribution in [0.5, 0.6) is 5.75 Å². The molecular weight excluding hydrogens is 416 g/mol. The number of quaternary nitrogens is 1. The summed E-state index contributed by atoms with van der Waals surface area (Å²) in [7, 11) is 2.21. The third-order valence-corrected chi connectivity index (χ3v) is 7.65. The van der Waals surface area contributed by atoms with Crippen molar-refractivity contribution in [2.75, 3.05) is 20.2 Å². The summed E-state index contributed by atoms with van der Waals surface area (Å²) in [6, 6.07) is 20.2. The van der Waals surface area contributed by atoms with Crippen molar-refractivity contribution in [3.05, 3.63) is 82.3 Å². The molecule has 0 saturated heterocycles. The molecule has 1 saturated carbocycles. The number of benzene rings is 2. The molecule has 0 bridgehead atoms. The number of rotatable bonds is 10. The molecular formula is C27H35N2O2S+. The van der Waals surface area contributed by atoms with Crippen molar-refractivity contribution in [3.8, 4) is 5.75 Å². The molecule has 3 aromatic rings. The minimum atomic E-state index is -0.984. The molecule has 2 unspecified atom stereocenters. The lowest BCUT2D eigenvalue weighted by Gasteiger charge is -2.37. The summed E-state index contributed by atoms with van der Waals surface area (Å²) in [6.45, 7) is 2.68. The van der Waals surface area contributed by atoms with Crippen LogP contribution < -0.4 is 9.64 Å². The number of aromatic nitrogens is 1. The Labute approximate surface area is 195 Å². The molecule has 2 N–H and O–H groups in total. The molecule has 0 amide bonds. The first-order valence-corrected chi connectivity index (χ1v) is 12.7. The van der Waals surface area contributed by atoms with E-state index >= 15 is 0 Å². The third-order valence-electron chi connectivity index (χ3n) is 6.53. The summed E-state index contributed by atoms with van der Waals surface area (Å²) < 4.78 is 5.82. The van der Waals surface area contributed by atoms with Crippen LogP contribution in [0.2, 0.25) is 0 Å². The van der Waals surface area contributed by atoms with Crippen molar-refractivity contribution >= 4 is 11.3 Å². The maximum Gasteiger partial charge on any atom is 0.144 e. The van der Waals surface area contributed by atoms with Crippen molar-refractivity contribution in [1.82, 2.24) is 4.98 Å². The molecule has 2 atom stereocenters. The molecule has 32 heavy (non-hydrogen) atoms. The summed E-state index contributed by atoms with van der Waals surface area (Å²) in [5.74, 6) is 1.16. The number of ether oxygens (including phenoxy) is 1. The first-order valence-electron chi connectivity index (χ1n) is 11.9. The largest absolute Gasteiger partial charge is 0.493 e. The van der Waals surface area contributed by atoms with E-state index in [9.17, 15) is 5.11 Å². The third kappa shape index (κ3) is 5.58. The molecule has 4 nitrogen and oxygen atoms in total. The predicted octanol–water partition coefficient (Wildman–Crippen LogP) is 4.44. The van der Waals surface area contributed by atoms with Gasteiger partial charge in [0.2, 0.25) is 0 Å². The second-order valence-corrected chi connectivity index (χ2v) is 10.1. The molecule has 0 radical (unpaired) electrons. The fraction of sp³-hybridized carbons (Fsp3) is 0.444. The van der Waals surface area contributed by atoms with Gasteiger partial charge in [0, 0.05) is 12.6 Å². The van der Waals surface area contributed by atoms with Gasteiger partial charge in [0.25, 0.3) is 0 Å². The monoisotopic (exact) mass is 451 g/mol. The highest BCUT2D eigenvalue weighted by atomic mass is 32.1. The van der Waals surface area contributed by atoms with Gasteiger partial charge in [-0.3, -0.25) is 0 Å². The minimum Gasteiger partial charge on any atom is -0.493 e. The molecule has 4 rings (SSSR count). The predicted molar refractivity (Wildman–Crippen MR) is 130 cm³/mol.